The molecule has 6 nitrogen and oxygen atoms in total. The molecule has 0 saturated carbocycles. The van der Waals surface area contributed by atoms with Gasteiger partial charge in [0.1, 0.15) is 6.61 Å². The maximum atomic E-state index is 12.3. The van der Waals surface area contributed by atoms with Crippen molar-refractivity contribution in [3.63, 3.8) is 0 Å². The van der Waals surface area contributed by atoms with Crippen molar-refractivity contribution in [2.24, 2.45) is 5.92 Å². The van der Waals surface area contributed by atoms with E-state index in [0.717, 1.165) is 4.47 Å². The van der Waals surface area contributed by atoms with Crippen molar-refractivity contribution >= 4 is 27.7 Å². The monoisotopic (exact) mass is 369 g/mol. The quantitative estimate of drug-likeness (QED) is 0.855. The Balaban J connectivity index is 1.89. The van der Waals surface area contributed by atoms with Crippen molar-refractivity contribution in [3.05, 3.63) is 22.8 Å². The molecule has 2 amide bonds. The Hall–Kier alpha value is -1.63. The predicted octanol–water partition coefficient (Wildman–Crippen LogP) is 1.60. The van der Waals surface area contributed by atoms with Crippen molar-refractivity contribution in [3.8, 4) is 5.88 Å². The summed E-state index contributed by atoms with van der Waals surface area (Å²) in [5.41, 5.74) is -0.557. The molecule has 0 bridgehead atoms. The molecule has 1 saturated heterocycles. The van der Waals surface area contributed by atoms with Crippen molar-refractivity contribution < 1.29 is 14.3 Å². The fourth-order valence-electron chi connectivity index (χ4n) is 2.24. The van der Waals surface area contributed by atoms with Crippen LogP contribution in [0.25, 0.3) is 0 Å². The number of halogens is 1. The summed E-state index contributed by atoms with van der Waals surface area (Å²) < 4.78 is 6.42. The molecule has 120 valence electrons. The Morgan fingerprint density at radius 3 is 2.91 bits per heavy atom. The first-order valence-corrected chi connectivity index (χ1v) is 7.87. The van der Waals surface area contributed by atoms with Crippen LogP contribution in [-0.4, -0.2) is 47.4 Å². The number of amides is 2. The van der Waals surface area contributed by atoms with Gasteiger partial charge in [0, 0.05) is 26.2 Å². The second-order valence-electron chi connectivity index (χ2n) is 6.13. The summed E-state index contributed by atoms with van der Waals surface area (Å²) >= 11 is 3.36. The van der Waals surface area contributed by atoms with E-state index in [2.05, 4.69) is 26.2 Å². The SMILES string of the molecule is CN1CC(C(=O)NC(C)(C)COc2ncccc2Br)CC1=O. The molecular formula is C15H20BrN3O3. The van der Waals surface area contributed by atoms with E-state index in [1.165, 1.54) is 0 Å². The predicted molar refractivity (Wildman–Crippen MR) is 85.4 cm³/mol. The van der Waals surface area contributed by atoms with Crippen molar-refractivity contribution in [1.29, 1.82) is 0 Å². The summed E-state index contributed by atoms with van der Waals surface area (Å²) in [6.45, 7) is 4.50. The third kappa shape index (κ3) is 4.19. The van der Waals surface area contributed by atoms with Gasteiger partial charge < -0.3 is 15.0 Å². The number of ether oxygens (including phenoxy) is 1. The van der Waals surface area contributed by atoms with E-state index in [9.17, 15) is 9.59 Å². The summed E-state index contributed by atoms with van der Waals surface area (Å²) in [6.07, 6.45) is 1.91. The summed E-state index contributed by atoms with van der Waals surface area (Å²) in [6, 6.07) is 3.64. The van der Waals surface area contributed by atoms with Crippen LogP contribution in [0.5, 0.6) is 5.88 Å². The minimum Gasteiger partial charge on any atom is -0.474 e. The lowest BCUT2D eigenvalue weighted by Gasteiger charge is -2.27. The van der Waals surface area contributed by atoms with E-state index in [0.29, 0.717) is 12.4 Å². The number of nitrogens with zero attached hydrogens (tertiary/aromatic N) is 2. The van der Waals surface area contributed by atoms with Gasteiger partial charge in [0.05, 0.1) is 15.9 Å². The second-order valence-corrected chi connectivity index (χ2v) is 6.98. The Kier molecular flexibility index (Phi) is 5.05. The fourth-order valence-corrected chi connectivity index (χ4v) is 2.61. The zero-order valence-corrected chi connectivity index (χ0v) is 14.5. The molecule has 1 aromatic heterocycles. The van der Waals surface area contributed by atoms with E-state index in [1.807, 2.05) is 19.9 Å². The van der Waals surface area contributed by atoms with E-state index in [1.54, 1.807) is 24.2 Å². The van der Waals surface area contributed by atoms with Gasteiger partial charge in [0.2, 0.25) is 17.7 Å². The zero-order chi connectivity index (χ0) is 16.3. The first-order chi connectivity index (χ1) is 10.3. The van der Waals surface area contributed by atoms with E-state index < -0.39 is 5.54 Å². The molecule has 0 aromatic carbocycles. The average molecular weight is 370 g/mol. The molecule has 0 spiro atoms. The normalized spacial score (nSPS) is 18.5. The second kappa shape index (κ2) is 6.64. The Bertz CT molecular complexity index is 577. The van der Waals surface area contributed by atoms with Gasteiger partial charge in [0.25, 0.3) is 0 Å². The number of hydrogen-bond donors (Lipinski definition) is 1. The molecule has 1 aromatic rings. The van der Waals surface area contributed by atoms with Crippen LogP contribution < -0.4 is 10.1 Å². The summed E-state index contributed by atoms with van der Waals surface area (Å²) in [5, 5.41) is 2.94. The molecule has 0 radical (unpaired) electrons. The maximum Gasteiger partial charge on any atom is 0.228 e. The van der Waals surface area contributed by atoms with Crippen LogP contribution in [0.2, 0.25) is 0 Å². The van der Waals surface area contributed by atoms with Crippen molar-refractivity contribution in [1.82, 2.24) is 15.2 Å². The molecule has 7 heteroatoms. The van der Waals surface area contributed by atoms with Gasteiger partial charge in [-0.2, -0.15) is 0 Å². The largest absolute Gasteiger partial charge is 0.474 e. The number of carbonyl (C=O) groups is 2. The molecule has 1 N–H and O–H groups in total. The first kappa shape index (κ1) is 16.7. The van der Waals surface area contributed by atoms with Crippen LogP contribution in [-0.2, 0) is 9.59 Å². The lowest BCUT2D eigenvalue weighted by atomic mass is 10.0. The highest BCUT2D eigenvalue weighted by atomic mass is 79.9. The lowest BCUT2D eigenvalue weighted by molar-refractivity contribution is -0.129. The number of hydrogen-bond acceptors (Lipinski definition) is 4. The summed E-state index contributed by atoms with van der Waals surface area (Å²) in [5.74, 6) is 0.0805. The van der Waals surface area contributed by atoms with Crippen LogP contribution in [0, 0.1) is 5.92 Å². The van der Waals surface area contributed by atoms with Gasteiger partial charge >= 0.3 is 0 Å². The van der Waals surface area contributed by atoms with Crippen molar-refractivity contribution in [2.45, 2.75) is 25.8 Å². The number of pyridine rings is 1. The van der Waals surface area contributed by atoms with E-state index in [-0.39, 0.29) is 30.8 Å². The molecule has 2 rings (SSSR count). The number of rotatable bonds is 5. The van der Waals surface area contributed by atoms with Gasteiger partial charge in [-0.05, 0) is 41.9 Å². The molecular weight excluding hydrogens is 350 g/mol. The van der Waals surface area contributed by atoms with Gasteiger partial charge in [-0.3, -0.25) is 9.59 Å². The molecule has 1 unspecified atom stereocenters. The standard InChI is InChI=1S/C15H20BrN3O3/c1-15(2,9-22-14-11(16)5-4-6-17-14)18-13(21)10-7-12(20)19(3)8-10/h4-6,10H,7-9H2,1-3H3,(H,18,21). The molecule has 1 fully saturated rings. The Morgan fingerprint density at radius 1 is 1.59 bits per heavy atom. The van der Waals surface area contributed by atoms with E-state index >= 15 is 0 Å². The minimum absolute atomic E-state index is 0.00613. The van der Waals surface area contributed by atoms with Crippen LogP contribution in [0.15, 0.2) is 22.8 Å². The van der Waals surface area contributed by atoms with Gasteiger partial charge in [0.15, 0.2) is 0 Å². The number of carbonyl (C=O) groups excluding carboxylic acids is 2. The first-order valence-electron chi connectivity index (χ1n) is 7.08. The smallest absolute Gasteiger partial charge is 0.228 e. The molecule has 0 aliphatic carbocycles. The van der Waals surface area contributed by atoms with Crippen LogP contribution in [0.3, 0.4) is 0 Å². The third-order valence-electron chi connectivity index (χ3n) is 3.47. The fraction of sp³-hybridized carbons (Fsp3) is 0.533. The molecule has 1 aliphatic rings. The number of nitrogens with one attached hydrogen (secondary N) is 1. The van der Waals surface area contributed by atoms with Crippen LogP contribution >= 0.6 is 15.9 Å². The summed E-state index contributed by atoms with van der Waals surface area (Å²) in [7, 11) is 1.71. The maximum absolute atomic E-state index is 12.3. The van der Waals surface area contributed by atoms with Crippen molar-refractivity contribution in [2.75, 3.05) is 20.2 Å². The van der Waals surface area contributed by atoms with Gasteiger partial charge in [-0.25, -0.2) is 4.98 Å². The third-order valence-corrected chi connectivity index (χ3v) is 4.07. The van der Waals surface area contributed by atoms with E-state index in [4.69, 9.17) is 4.74 Å². The number of likely N-dealkylation sites (tertiary alicyclic amines) is 1. The van der Waals surface area contributed by atoms with Gasteiger partial charge in [-0.15, -0.1) is 0 Å². The zero-order valence-electron chi connectivity index (χ0n) is 12.9. The Labute approximate surface area is 138 Å². The number of aromatic nitrogens is 1. The molecule has 22 heavy (non-hydrogen) atoms. The molecule has 1 aliphatic heterocycles. The highest BCUT2D eigenvalue weighted by molar-refractivity contribution is 9.10. The topological polar surface area (TPSA) is 71.5 Å². The molecule has 1 atom stereocenters. The van der Waals surface area contributed by atoms with Crippen LogP contribution in [0.4, 0.5) is 0 Å². The van der Waals surface area contributed by atoms with Crippen LogP contribution in [0.1, 0.15) is 20.3 Å². The lowest BCUT2D eigenvalue weighted by Crippen LogP contribution is -2.50. The average Bonchev–Trinajstić information content (AvgIpc) is 2.78. The highest BCUT2D eigenvalue weighted by Gasteiger charge is 2.34. The summed E-state index contributed by atoms with van der Waals surface area (Å²) in [4.78, 5) is 29.5. The van der Waals surface area contributed by atoms with Gasteiger partial charge in [-0.1, -0.05) is 0 Å². The Morgan fingerprint density at radius 2 is 2.32 bits per heavy atom. The highest BCUT2D eigenvalue weighted by Crippen LogP contribution is 2.22. The molecule has 2 heterocycles. The minimum atomic E-state index is -0.557.